The van der Waals surface area contributed by atoms with E-state index in [2.05, 4.69) is 16.0 Å². The minimum atomic E-state index is -1.13. The fourth-order valence-corrected chi connectivity index (χ4v) is 3.24. The highest BCUT2D eigenvalue weighted by atomic mass is 19.1. The first-order chi connectivity index (χ1) is 13.3. The Labute approximate surface area is 161 Å². The van der Waals surface area contributed by atoms with E-state index in [1.807, 2.05) is 6.92 Å². The Balaban J connectivity index is 1.74. The third-order valence-corrected chi connectivity index (χ3v) is 5.09. The molecular formula is C20H23F2N3O3. The summed E-state index contributed by atoms with van der Waals surface area (Å²) in [5.41, 5.74) is -0.115. The molecule has 0 aliphatic carbocycles. The van der Waals surface area contributed by atoms with Gasteiger partial charge in [-0.05, 0) is 57.5 Å². The molecule has 0 saturated carbocycles. The first-order valence-electron chi connectivity index (χ1n) is 9.13. The summed E-state index contributed by atoms with van der Waals surface area (Å²) in [7, 11) is 0. The van der Waals surface area contributed by atoms with Crippen LogP contribution < -0.4 is 16.0 Å². The van der Waals surface area contributed by atoms with Crippen molar-refractivity contribution in [3.8, 4) is 0 Å². The first kappa shape index (κ1) is 20.0. The van der Waals surface area contributed by atoms with Crippen LogP contribution in [-0.4, -0.2) is 30.4 Å². The van der Waals surface area contributed by atoms with Gasteiger partial charge in [-0.3, -0.25) is 9.59 Å². The maximum absolute atomic E-state index is 13.8. The fraction of sp³-hybridized carbons (Fsp3) is 0.400. The van der Waals surface area contributed by atoms with Crippen molar-refractivity contribution in [1.82, 2.24) is 16.0 Å². The summed E-state index contributed by atoms with van der Waals surface area (Å²) in [4.78, 5) is 25.6. The van der Waals surface area contributed by atoms with Gasteiger partial charge in [0, 0.05) is 18.2 Å². The maximum atomic E-state index is 13.8. The van der Waals surface area contributed by atoms with Gasteiger partial charge >= 0.3 is 0 Å². The van der Waals surface area contributed by atoms with Gasteiger partial charge in [0.15, 0.2) is 5.76 Å². The molecule has 1 aliphatic heterocycles. The largest absolute Gasteiger partial charge is 0.456 e. The van der Waals surface area contributed by atoms with Crippen molar-refractivity contribution >= 4 is 11.8 Å². The molecule has 28 heavy (non-hydrogen) atoms. The number of rotatable bonds is 5. The van der Waals surface area contributed by atoms with Crippen LogP contribution in [0.2, 0.25) is 0 Å². The van der Waals surface area contributed by atoms with Gasteiger partial charge in [0.2, 0.25) is 5.91 Å². The quantitative estimate of drug-likeness (QED) is 0.731. The first-order valence-corrected chi connectivity index (χ1v) is 9.13. The molecule has 1 saturated heterocycles. The summed E-state index contributed by atoms with van der Waals surface area (Å²) in [5.74, 6) is -1.51. The van der Waals surface area contributed by atoms with E-state index < -0.39 is 29.0 Å². The predicted molar refractivity (Wildman–Crippen MR) is 98.7 cm³/mol. The lowest BCUT2D eigenvalue weighted by molar-refractivity contribution is -0.128. The minimum Gasteiger partial charge on any atom is -0.456 e. The number of furan rings is 1. The topological polar surface area (TPSA) is 83.4 Å². The van der Waals surface area contributed by atoms with Crippen LogP contribution in [0.25, 0.3) is 0 Å². The van der Waals surface area contributed by atoms with E-state index in [1.165, 1.54) is 6.07 Å². The summed E-state index contributed by atoms with van der Waals surface area (Å²) in [5, 5.41) is 8.63. The highest BCUT2D eigenvalue weighted by molar-refractivity contribution is 5.97. The molecule has 1 aromatic carbocycles. The van der Waals surface area contributed by atoms with Crippen molar-refractivity contribution in [3.63, 3.8) is 0 Å². The zero-order valence-corrected chi connectivity index (χ0v) is 15.8. The Morgan fingerprint density at radius 2 is 1.89 bits per heavy atom. The molecule has 2 amide bonds. The summed E-state index contributed by atoms with van der Waals surface area (Å²) >= 11 is 0. The van der Waals surface area contributed by atoms with E-state index in [0.29, 0.717) is 31.7 Å². The molecule has 0 atom stereocenters. The number of hydrogen-bond donors (Lipinski definition) is 3. The number of aryl methyl sites for hydroxylation is 2. The predicted octanol–water partition coefficient (Wildman–Crippen LogP) is 2.34. The summed E-state index contributed by atoms with van der Waals surface area (Å²) in [6.07, 6.45) is 0.768. The van der Waals surface area contributed by atoms with Crippen LogP contribution in [0.5, 0.6) is 0 Å². The van der Waals surface area contributed by atoms with Crippen molar-refractivity contribution in [2.45, 2.75) is 38.8 Å². The number of benzene rings is 1. The maximum Gasteiger partial charge on any atom is 0.287 e. The molecule has 2 aromatic rings. The van der Waals surface area contributed by atoms with Gasteiger partial charge in [-0.1, -0.05) is 6.07 Å². The molecule has 0 unspecified atom stereocenters. The van der Waals surface area contributed by atoms with E-state index in [-0.39, 0.29) is 17.9 Å². The average molecular weight is 391 g/mol. The highest BCUT2D eigenvalue weighted by Gasteiger charge is 2.41. The fourth-order valence-electron chi connectivity index (χ4n) is 3.24. The number of piperidine rings is 1. The smallest absolute Gasteiger partial charge is 0.287 e. The SMILES string of the molecule is Cc1cc(C(=O)NC2(C(=O)NCc3ccc(F)cc3F)CCNCC2)oc1C. The summed E-state index contributed by atoms with van der Waals surface area (Å²) < 4.78 is 32.3. The van der Waals surface area contributed by atoms with Crippen molar-refractivity contribution in [1.29, 1.82) is 0 Å². The molecule has 1 aliphatic rings. The molecule has 3 N–H and O–H groups in total. The number of hydrogen-bond acceptors (Lipinski definition) is 4. The second-order valence-electron chi connectivity index (χ2n) is 7.05. The van der Waals surface area contributed by atoms with Gasteiger partial charge in [0.05, 0.1) is 0 Å². The van der Waals surface area contributed by atoms with Gasteiger partial charge in [-0.25, -0.2) is 8.78 Å². The monoisotopic (exact) mass is 391 g/mol. The average Bonchev–Trinajstić information content (AvgIpc) is 3.00. The highest BCUT2D eigenvalue weighted by Crippen LogP contribution is 2.22. The van der Waals surface area contributed by atoms with Crippen LogP contribution in [0, 0.1) is 25.5 Å². The van der Waals surface area contributed by atoms with Crippen molar-refractivity contribution < 1.29 is 22.8 Å². The van der Waals surface area contributed by atoms with E-state index in [0.717, 1.165) is 17.7 Å². The van der Waals surface area contributed by atoms with Crippen LogP contribution in [-0.2, 0) is 11.3 Å². The molecule has 2 heterocycles. The van der Waals surface area contributed by atoms with Crippen LogP contribution in [0.4, 0.5) is 8.78 Å². The van der Waals surface area contributed by atoms with E-state index in [1.54, 1.807) is 13.0 Å². The number of nitrogens with one attached hydrogen (secondary N) is 3. The van der Waals surface area contributed by atoms with Gasteiger partial charge in [0.1, 0.15) is 22.9 Å². The third kappa shape index (κ3) is 4.22. The van der Waals surface area contributed by atoms with Gasteiger partial charge in [-0.15, -0.1) is 0 Å². The van der Waals surface area contributed by atoms with Crippen LogP contribution in [0.1, 0.15) is 40.3 Å². The summed E-state index contributed by atoms with van der Waals surface area (Å²) in [6, 6.07) is 4.82. The lowest BCUT2D eigenvalue weighted by Gasteiger charge is -2.36. The number of carbonyl (C=O) groups is 2. The Hall–Kier alpha value is -2.74. The zero-order chi connectivity index (χ0) is 20.3. The van der Waals surface area contributed by atoms with Crippen molar-refractivity contribution in [2.75, 3.05) is 13.1 Å². The minimum absolute atomic E-state index is 0.102. The Morgan fingerprint density at radius 1 is 1.18 bits per heavy atom. The number of halogens is 2. The van der Waals surface area contributed by atoms with Crippen molar-refractivity contribution in [2.24, 2.45) is 0 Å². The lowest BCUT2D eigenvalue weighted by Crippen LogP contribution is -2.62. The molecule has 1 fully saturated rings. The van der Waals surface area contributed by atoms with Crippen LogP contribution in [0.3, 0.4) is 0 Å². The molecule has 0 radical (unpaired) electrons. The molecule has 150 valence electrons. The zero-order valence-electron chi connectivity index (χ0n) is 15.8. The van der Waals surface area contributed by atoms with Crippen molar-refractivity contribution in [3.05, 3.63) is 58.5 Å². The standard InChI is InChI=1S/C20H23F2N3O3/c1-12-9-17(28-13(12)2)18(26)25-20(5-7-23-8-6-20)19(27)24-11-14-3-4-15(21)10-16(14)22/h3-4,9-10,23H,5-8,11H2,1-2H3,(H,24,27)(H,25,26). The molecule has 0 bridgehead atoms. The number of amides is 2. The van der Waals surface area contributed by atoms with E-state index in [4.69, 9.17) is 4.42 Å². The lowest BCUT2D eigenvalue weighted by atomic mass is 9.87. The second-order valence-corrected chi connectivity index (χ2v) is 7.05. The van der Waals surface area contributed by atoms with Gasteiger partial charge in [0.25, 0.3) is 5.91 Å². The molecule has 6 nitrogen and oxygen atoms in total. The van der Waals surface area contributed by atoms with Gasteiger partial charge in [-0.2, -0.15) is 0 Å². The van der Waals surface area contributed by atoms with Gasteiger partial charge < -0.3 is 20.4 Å². The molecule has 0 spiro atoms. The molecule has 3 rings (SSSR count). The Morgan fingerprint density at radius 3 is 2.50 bits per heavy atom. The van der Waals surface area contributed by atoms with Crippen LogP contribution >= 0.6 is 0 Å². The Kier molecular flexibility index (Phi) is 5.79. The molecule has 8 heteroatoms. The van der Waals surface area contributed by atoms with E-state index >= 15 is 0 Å². The molecular weight excluding hydrogens is 368 g/mol. The second kappa shape index (κ2) is 8.10. The van der Waals surface area contributed by atoms with E-state index in [9.17, 15) is 18.4 Å². The summed E-state index contributed by atoms with van der Waals surface area (Å²) in [6.45, 7) is 4.59. The Bertz CT molecular complexity index is 869. The third-order valence-electron chi connectivity index (χ3n) is 5.09. The van der Waals surface area contributed by atoms with Crippen LogP contribution in [0.15, 0.2) is 28.7 Å². The number of carbonyl (C=O) groups excluding carboxylic acids is 2. The normalized spacial score (nSPS) is 15.9. The molecule has 1 aromatic heterocycles.